The number of hydrogen-bond donors (Lipinski definition) is 11. The number of hydrogen-bond acceptors (Lipinski definition) is 15. The van der Waals surface area contributed by atoms with E-state index in [2.05, 4.69) is 41.9 Å². The van der Waals surface area contributed by atoms with Gasteiger partial charge in [0.05, 0.1) is 12.6 Å². The van der Waals surface area contributed by atoms with Crippen LogP contribution >= 0.6 is 23.5 Å². The topological polar surface area (TPSA) is 362 Å². The third kappa shape index (κ3) is 18.9. The first kappa shape index (κ1) is 73.4. The first-order chi connectivity index (χ1) is 47.0. The Morgan fingerprint density at radius 2 is 1.37 bits per heavy atom. The number of aromatic hydroxyl groups is 1. The number of nitrogens with zero attached hydrogens (tertiary/aromatic N) is 2. The fourth-order valence-electron chi connectivity index (χ4n) is 12.9. The average Bonchev–Trinajstić information content (AvgIpc) is 1.60. The molecular weight excluding hydrogens is 1300 g/mol. The van der Waals surface area contributed by atoms with Gasteiger partial charge in [-0.1, -0.05) is 42.8 Å². The summed E-state index contributed by atoms with van der Waals surface area (Å²) in [4.78, 5) is 154. The van der Waals surface area contributed by atoms with Gasteiger partial charge in [-0.2, -0.15) is 23.5 Å². The van der Waals surface area contributed by atoms with Crippen LogP contribution in [0.1, 0.15) is 99.5 Å². The fourth-order valence-corrected chi connectivity index (χ4v) is 14.8. The van der Waals surface area contributed by atoms with E-state index in [1.165, 1.54) is 95.9 Å². The molecule has 24 nitrogen and oxygen atoms in total. The predicted molar refractivity (Wildman–Crippen MR) is 368 cm³/mol. The lowest BCUT2D eigenvalue weighted by molar-refractivity contribution is -0.147. The van der Waals surface area contributed by atoms with E-state index >= 15 is 14.4 Å². The third-order valence-corrected chi connectivity index (χ3v) is 20.6. The summed E-state index contributed by atoms with van der Waals surface area (Å²) < 4.78 is 35.5. The molecule has 9 rings (SSSR count). The Balaban J connectivity index is 1.04. The Morgan fingerprint density at radius 3 is 2.02 bits per heavy atom. The van der Waals surface area contributed by atoms with Gasteiger partial charge in [-0.3, -0.25) is 47.9 Å². The maximum Gasteiger partial charge on any atom is 0.246 e. The molecule has 3 aliphatic rings. The molecule has 9 atom stereocenters. The number of fused-ring (bicyclic) bond motifs is 6. The largest absolute Gasteiger partial charge is 0.508 e. The molecule has 2 bridgehead atoms. The van der Waals surface area contributed by atoms with Crippen molar-refractivity contribution in [2.75, 3.05) is 44.8 Å². The summed E-state index contributed by atoms with van der Waals surface area (Å²) in [5, 5.41) is 27.6. The highest BCUT2D eigenvalue weighted by molar-refractivity contribution is 7.98. The van der Waals surface area contributed by atoms with Gasteiger partial charge in [0.2, 0.25) is 53.2 Å². The zero-order valence-electron chi connectivity index (χ0n) is 55.1. The van der Waals surface area contributed by atoms with Crippen molar-refractivity contribution in [2.45, 2.75) is 150 Å². The highest BCUT2D eigenvalue weighted by Crippen LogP contribution is 2.32. The number of H-pyrrole nitrogens is 2. The third-order valence-electron chi connectivity index (χ3n) is 18.5. The van der Waals surface area contributed by atoms with Gasteiger partial charge in [0.15, 0.2) is 0 Å². The number of benzene rings is 4. The highest BCUT2D eigenvalue weighted by Gasteiger charge is 2.49. The number of primary amides is 1. The molecule has 28 heteroatoms. The van der Waals surface area contributed by atoms with Gasteiger partial charge in [-0.25, -0.2) is 8.78 Å². The lowest BCUT2D eigenvalue weighted by Gasteiger charge is -2.37. The molecule has 0 unspecified atom stereocenters. The van der Waals surface area contributed by atoms with Crippen molar-refractivity contribution in [3.8, 4) is 5.75 Å². The number of methoxy groups -OCH3 is 1. The van der Waals surface area contributed by atoms with Gasteiger partial charge in [-0.05, 0) is 135 Å². The van der Waals surface area contributed by atoms with Crippen LogP contribution in [0.2, 0.25) is 0 Å². The van der Waals surface area contributed by atoms with Gasteiger partial charge >= 0.3 is 0 Å². The summed E-state index contributed by atoms with van der Waals surface area (Å²) in [6.45, 7) is 2.87. The summed E-state index contributed by atoms with van der Waals surface area (Å²) in [6, 6.07) is 13.3. The normalized spacial score (nSPS) is 24.2. The van der Waals surface area contributed by atoms with Crippen LogP contribution in [0.25, 0.3) is 21.8 Å². The standard InChI is InChI=1S/C70H86F2N12O12S2/c1-40(96-3)61-66(92)80-56(28-41-13-17-49(85)18-14-41)68(94)84-25-8-22-70(84,2)69(95)81-58(62(74)88)39-98-38-43-10-6-9-42(27-43)37-97-26-21-50(86)29-44(11-4-5-23-73)63(89)77-36-60(87)78-55(30-45-34-75-53-19-15-47(71)32-51(45)53)64(90)79-57(67(93)83-24-7-12-59(83)65(91)82-61)31-46-35-76-54-20-16-48(72)33-52(46)54/h6,9-10,13-20,27,32-35,40,44,55-59,61,75-76,85H,4-5,7-8,11-12,21-26,28-31,36-39,73H2,1-3H3,(H2,74,88)(H,77,89)(H,78,87)(H,79,90)(H,80,92)(H,81,95)(H,82,91)/t40-,44+,55-,56-,57-,58-,59-,61-,70-/m0/s1. The summed E-state index contributed by atoms with van der Waals surface area (Å²) in [7, 11) is 1.31. The molecule has 4 aromatic carbocycles. The van der Waals surface area contributed by atoms with Gasteiger partial charge < -0.3 is 73.0 Å². The van der Waals surface area contributed by atoms with Gasteiger partial charge in [0.25, 0.3) is 0 Å². The second kappa shape index (κ2) is 34.1. The maximum atomic E-state index is 15.4. The zero-order chi connectivity index (χ0) is 70.2. The van der Waals surface area contributed by atoms with Crippen LogP contribution in [-0.2, 0) is 83.5 Å². The van der Waals surface area contributed by atoms with E-state index in [-0.39, 0.29) is 81.7 Å². The molecule has 524 valence electrons. The van der Waals surface area contributed by atoms with Crippen LogP contribution in [0.3, 0.4) is 0 Å². The minimum absolute atomic E-state index is 0.0141. The zero-order valence-corrected chi connectivity index (χ0v) is 56.7. The minimum Gasteiger partial charge on any atom is -0.508 e. The van der Waals surface area contributed by atoms with Crippen molar-refractivity contribution < 1.29 is 66.6 Å². The van der Waals surface area contributed by atoms with E-state index < -0.39 is 125 Å². The van der Waals surface area contributed by atoms with Crippen LogP contribution in [0, 0.1) is 17.6 Å². The number of halogens is 2. The molecule has 0 saturated carbocycles. The number of carbonyl (C=O) groups is 10. The second-order valence-electron chi connectivity index (χ2n) is 25.5. The number of ketones is 1. The fraction of sp³-hybridized carbons (Fsp3) is 0.457. The van der Waals surface area contributed by atoms with Crippen LogP contribution < -0.4 is 43.4 Å². The lowest BCUT2D eigenvalue weighted by atomic mass is 9.94. The van der Waals surface area contributed by atoms with Gasteiger partial charge in [-0.15, -0.1) is 0 Å². The van der Waals surface area contributed by atoms with Crippen molar-refractivity contribution in [1.82, 2.24) is 51.7 Å². The summed E-state index contributed by atoms with van der Waals surface area (Å²) >= 11 is 2.89. The highest BCUT2D eigenvalue weighted by atomic mass is 32.2. The molecule has 2 saturated heterocycles. The van der Waals surface area contributed by atoms with Crippen LogP contribution in [0.4, 0.5) is 8.78 Å². The number of ether oxygens (including phenoxy) is 1. The van der Waals surface area contributed by atoms with E-state index in [1.54, 1.807) is 31.5 Å². The van der Waals surface area contributed by atoms with Crippen LogP contribution in [-0.4, -0.2) is 177 Å². The summed E-state index contributed by atoms with van der Waals surface area (Å²) in [6.07, 6.45) is 3.67. The van der Waals surface area contributed by atoms with E-state index in [9.17, 15) is 47.4 Å². The monoisotopic (exact) mass is 1390 g/mol. The number of unbranched alkanes of at least 4 members (excludes halogenated alkanes) is 1. The first-order valence-corrected chi connectivity index (χ1v) is 35.3. The van der Waals surface area contributed by atoms with Crippen molar-refractivity contribution >= 4 is 104 Å². The number of aromatic amines is 2. The van der Waals surface area contributed by atoms with Crippen molar-refractivity contribution in [1.29, 1.82) is 0 Å². The molecule has 0 spiro atoms. The Labute approximate surface area is 574 Å². The number of phenols is 1. The van der Waals surface area contributed by atoms with E-state index in [0.29, 0.717) is 88.0 Å². The molecule has 2 aromatic heterocycles. The van der Waals surface area contributed by atoms with Crippen molar-refractivity contribution in [2.24, 2.45) is 17.4 Å². The molecule has 13 N–H and O–H groups in total. The Morgan fingerprint density at radius 1 is 0.724 bits per heavy atom. The SMILES string of the molecule is CO[C@@H](C)[C@@H]1NC(=O)[C@@H]2CCCN2C(=O)[C@H](Cc2c[nH]c3ccc(F)cc23)NC(=O)[C@H](Cc2c[nH]c3ccc(F)cc23)NC(=O)CNC(=O)[C@H](CCCCN)CC(=O)CCSCc2cccc(c2)CSC[C@@H](C(N)=O)NC(=O)[C@]2(C)CCCN2C(=O)[C@H](Cc2ccc(O)cc2)NC1=O. The maximum absolute atomic E-state index is 15.4. The number of carbonyl (C=O) groups excluding carboxylic acids is 10. The smallest absolute Gasteiger partial charge is 0.246 e. The van der Waals surface area contributed by atoms with Gasteiger partial charge in [0.1, 0.15) is 65.0 Å². The number of thioether (sulfide) groups is 2. The molecule has 3 aliphatic heterocycles. The molecule has 98 heavy (non-hydrogen) atoms. The molecule has 5 heterocycles. The molecule has 6 aromatic rings. The lowest BCUT2D eigenvalue weighted by Crippen LogP contribution is -2.64. The van der Waals surface area contributed by atoms with Crippen molar-refractivity contribution in [3.05, 3.63) is 137 Å². The number of phenolic OH excluding ortho intramolecular Hbond substituents is 1. The van der Waals surface area contributed by atoms with Crippen LogP contribution in [0.5, 0.6) is 5.75 Å². The van der Waals surface area contributed by atoms with Gasteiger partial charge in [0, 0.05) is 115 Å². The van der Waals surface area contributed by atoms with E-state index in [1.807, 2.05) is 24.3 Å². The molecular formula is C70H86F2N12O12S2. The van der Waals surface area contributed by atoms with Crippen LogP contribution in [0.15, 0.2) is 97.3 Å². The summed E-state index contributed by atoms with van der Waals surface area (Å²) in [5.41, 5.74) is 14.4. The molecule has 0 aliphatic carbocycles. The minimum atomic E-state index is -1.54. The second-order valence-corrected chi connectivity index (χ2v) is 27.7. The average molecular weight is 1390 g/mol. The molecule has 2 fully saturated rings. The Kier molecular flexibility index (Phi) is 25.5. The molecule has 9 amide bonds. The summed E-state index contributed by atoms with van der Waals surface area (Å²) in [5.74, 6) is -7.57. The Hall–Kier alpha value is -8.86. The number of nitrogens with one attached hydrogen (secondary N) is 8. The quantitative estimate of drug-likeness (QED) is 0.0716. The predicted octanol–water partition coefficient (Wildman–Crippen LogP) is 4.37. The Bertz CT molecular complexity index is 3890. The number of aromatic nitrogens is 2. The first-order valence-electron chi connectivity index (χ1n) is 33.0. The molecule has 0 radical (unpaired) electrons. The number of Topliss-reactive ketones (excluding diaryl/α,β-unsaturated/α-hetero) is 1. The number of nitrogens with two attached hydrogens (primary N) is 2. The number of amides is 9. The van der Waals surface area contributed by atoms with Crippen molar-refractivity contribution in [3.63, 3.8) is 0 Å². The van der Waals surface area contributed by atoms with E-state index in [0.717, 1.165) is 11.1 Å². The van der Waals surface area contributed by atoms with E-state index in [4.69, 9.17) is 16.2 Å². The number of rotatable bonds is 13.